The van der Waals surface area contributed by atoms with Crippen molar-refractivity contribution in [2.24, 2.45) is 0 Å². The maximum absolute atomic E-state index is 12.7. The monoisotopic (exact) mass is 322 g/mol. The summed E-state index contributed by atoms with van der Waals surface area (Å²) in [6.45, 7) is 5.27. The maximum atomic E-state index is 12.7. The Bertz CT molecular complexity index is 723. The first-order valence-corrected chi connectivity index (χ1v) is 8.57. The highest BCUT2D eigenvalue weighted by Gasteiger charge is 2.23. The summed E-state index contributed by atoms with van der Waals surface area (Å²) in [5.74, 6) is 0.158. The zero-order valence-electron chi connectivity index (χ0n) is 13.7. The fourth-order valence-corrected chi connectivity index (χ4v) is 3.48. The summed E-state index contributed by atoms with van der Waals surface area (Å²) in [6, 6.07) is 10.1. The molecule has 0 aliphatic carbocycles. The number of anilines is 1. The van der Waals surface area contributed by atoms with Crippen LogP contribution in [0.25, 0.3) is 0 Å². The summed E-state index contributed by atoms with van der Waals surface area (Å²) in [5, 5.41) is 3.34. The Kier molecular flexibility index (Phi) is 4.17. The summed E-state index contributed by atoms with van der Waals surface area (Å²) in [7, 11) is 0. The van der Waals surface area contributed by atoms with Gasteiger partial charge in [0, 0.05) is 62.9 Å². The van der Waals surface area contributed by atoms with Crippen molar-refractivity contribution in [2.75, 3.05) is 38.0 Å². The fourth-order valence-electron chi connectivity index (χ4n) is 3.48. The second-order valence-corrected chi connectivity index (χ2v) is 6.48. The van der Waals surface area contributed by atoms with Crippen LogP contribution in [-0.2, 0) is 13.0 Å². The molecule has 124 valence electrons. The van der Waals surface area contributed by atoms with E-state index in [1.54, 1.807) is 6.20 Å². The Morgan fingerprint density at radius 3 is 2.83 bits per heavy atom. The van der Waals surface area contributed by atoms with E-state index in [0.29, 0.717) is 0 Å². The van der Waals surface area contributed by atoms with Gasteiger partial charge in [0.05, 0.1) is 0 Å². The van der Waals surface area contributed by atoms with Gasteiger partial charge in [-0.25, -0.2) is 0 Å². The van der Waals surface area contributed by atoms with Gasteiger partial charge >= 0.3 is 0 Å². The molecule has 3 heterocycles. The van der Waals surface area contributed by atoms with Crippen molar-refractivity contribution < 1.29 is 4.79 Å². The lowest BCUT2D eigenvalue weighted by molar-refractivity contribution is 0.0628. The first-order valence-electron chi connectivity index (χ1n) is 8.57. The summed E-state index contributed by atoms with van der Waals surface area (Å²) in [6.07, 6.45) is 4.72. The number of nitrogens with one attached hydrogen (secondary N) is 1. The van der Waals surface area contributed by atoms with Crippen molar-refractivity contribution in [1.82, 2.24) is 14.8 Å². The molecule has 24 heavy (non-hydrogen) atoms. The largest absolute Gasteiger partial charge is 0.384 e. The quantitative estimate of drug-likeness (QED) is 0.939. The molecule has 0 radical (unpaired) electrons. The Morgan fingerprint density at radius 2 is 2.04 bits per heavy atom. The molecule has 1 fully saturated rings. The van der Waals surface area contributed by atoms with Crippen LogP contribution in [0.4, 0.5) is 5.69 Å². The average Bonchev–Trinajstić information content (AvgIpc) is 3.10. The molecule has 2 aliphatic heterocycles. The van der Waals surface area contributed by atoms with E-state index in [1.165, 1.54) is 16.8 Å². The lowest BCUT2D eigenvalue weighted by Crippen LogP contribution is -2.48. The lowest BCUT2D eigenvalue weighted by Gasteiger charge is -2.34. The smallest absolute Gasteiger partial charge is 0.253 e. The number of carbonyl (C=O) groups is 1. The minimum Gasteiger partial charge on any atom is -0.384 e. The fraction of sp³-hybridized carbons (Fsp3) is 0.368. The highest BCUT2D eigenvalue weighted by atomic mass is 16.2. The van der Waals surface area contributed by atoms with E-state index in [1.807, 2.05) is 29.3 Å². The summed E-state index contributed by atoms with van der Waals surface area (Å²) in [5.41, 5.74) is 4.48. The first kappa shape index (κ1) is 15.1. The van der Waals surface area contributed by atoms with Crippen molar-refractivity contribution >= 4 is 11.6 Å². The number of rotatable bonds is 3. The first-order chi connectivity index (χ1) is 11.8. The average molecular weight is 322 g/mol. The van der Waals surface area contributed by atoms with Gasteiger partial charge in [0.2, 0.25) is 0 Å². The number of fused-ring (bicyclic) bond motifs is 1. The van der Waals surface area contributed by atoms with E-state index < -0.39 is 0 Å². The van der Waals surface area contributed by atoms with E-state index in [9.17, 15) is 4.79 Å². The molecule has 5 heteroatoms. The summed E-state index contributed by atoms with van der Waals surface area (Å²) in [4.78, 5) is 21.3. The van der Waals surface area contributed by atoms with Gasteiger partial charge in [-0.2, -0.15) is 0 Å². The normalized spacial score (nSPS) is 17.4. The second kappa shape index (κ2) is 6.61. The second-order valence-electron chi connectivity index (χ2n) is 6.48. The molecule has 1 N–H and O–H groups in total. The number of amides is 1. The van der Waals surface area contributed by atoms with Crippen molar-refractivity contribution in [3.8, 4) is 0 Å². The van der Waals surface area contributed by atoms with Crippen LogP contribution in [0.3, 0.4) is 0 Å². The highest BCUT2D eigenvalue weighted by molar-refractivity contribution is 5.95. The van der Waals surface area contributed by atoms with E-state index in [0.717, 1.165) is 51.3 Å². The highest BCUT2D eigenvalue weighted by Crippen LogP contribution is 2.24. The predicted molar refractivity (Wildman–Crippen MR) is 94.1 cm³/mol. The Balaban J connectivity index is 1.36. The van der Waals surface area contributed by atoms with Gasteiger partial charge < -0.3 is 10.2 Å². The van der Waals surface area contributed by atoms with Crippen LogP contribution in [0, 0.1) is 0 Å². The van der Waals surface area contributed by atoms with Crippen LogP contribution < -0.4 is 5.32 Å². The molecule has 2 aromatic rings. The molecule has 4 rings (SSSR count). The number of hydrogen-bond acceptors (Lipinski definition) is 4. The maximum Gasteiger partial charge on any atom is 0.253 e. The molecule has 1 aromatic carbocycles. The van der Waals surface area contributed by atoms with Gasteiger partial charge in [0.15, 0.2) is 0 Å². The number of piperazine rings is 1. The molecule has 0 bridgehead atoms. The number of aromatic nitrogens is 1. The molecule has 0 unspecified atom stereocenters. The third-order valence-corrected chi connectivity index (χ3v) is 4.85. The van der Waals surface area contributed by atoms with Gasteiger partial charge in [-0.05, 0) is 41.8 Å². The molecule has 2 aliphatic rings. The molecular formula is C19H22N4O. The van der Waals surface area contributed by atoms with E-state index in [2.05, 4.69) is 27.3 Å². The molecule has 1 saturated heterocycles. The number of hydrogen-bond donors (Lipinski definition) is 1. The number of pyridine rings is 1. The van der Waals surface area contributed by atoms with E-state index >= 15 is 0 Å². The molecule has 5 nitrogen and oxygen atoms in total. The summed E-state index contributed by atoms with van der Waals surface area (Å²) < 4.78 is 0. The third-order valence-electron chi connectivity index (χ3n) is 4.85. The molecular weight excluding hydrogens is 300 g/mol. The lowest BCUT2D eigenvalue weighted by atomic mass is 10.1. The van der Waals surface area contributed by atoms with Crippen molar-refractivity contribution in [1.29, 1.82) is 0 Å². The van der Waals surface area contributed by atoms with E-state index in [4.69, 9.17) is 0 Å². The van der Waals surface area contributed by atoms with Crippen LogP contribution in [0.15, 0.2) is 42.7 Å². The zero-order chi connectivity index (χ0) is 16.4. The van der Waals surface area contributed by atoms with Crippen LogP contribution in [0.5, 0.6) is 0 Å². The van der Waals surface area contributed by atoms with Crippen molar-refractivity contribution in [3.05, 3.63) is 59.4 Å². The SMILES string of the molecule is O=C(c1ccc2c(c1)CCN2)N1CCN(Cc2cccnc2)CC1. The van der Waals surface area contributed by atoms with Crippen LogP contribution >= 0.6 is 0 Å². The molecule has 1 amide bonds. The van der Waals surface area contributed by atoms with Gasteiger partial charge in [0.1, 0.15) is 0 Å². The van der Waals surface area contributed by atoms with Crippen molar-refractivity contribution in [3.63, 3.8) is 0 Å². The minimum atomic E-state index is 0.158. The molecule has 1 aromatic heterocycles. The number of benzene rings is 1. The molecule has 0 saturated carbocycles. The Labute approximate surface area is 142 Å². The zero-order valence-corrected chi connectivity index (χ0v) is 13.7. The number of nitrogens with zero attached hydrogens (tertiary/aromatic N) is 3. The van der Waals surface area contributed by atoms with Crippen LogP contribution in [0.1, 0.15) is 21.5 Å². The predicted octanol–water partition coefficient (Wildman–Crippen LogP) is 2.01. The molecule has 0 atom stereocenters. The van der Waals surface area contributed by atoms with Crippen LogP contribution in [-0.4, -0.2) is 53.4 Å². The van der Waals surface area contributed by atoms with Crippen molar-refractivity contribution in [2.45, 2.75) is 13.0 Å². The van der Waals surface area contributed by atoms with Gasteiger partial charge in [0.25, 0.3) is 5.91 Å². The van der Waals surface area contributed by atoms with Gasteiger partial charge in [-0.1, -0.05) is 6.07 Å². The summed E-state index contributed by atoms with van der Waals surface area (Å²) >= 11 is 0. The van der Waals surface area contributed by atoms with Gasteiger partial charge in [-0.15, -0.1) is 0 Å². The van der Waals surface area contributed by atoms with Gasteiger partial charge in [-0.3, -0.25) is 14.7 Å². The third kappa shape index (κ3) is 3.12. The molecule has 0 spiro atoms. The van der Waals surface area contributed by atoms with E-state index in [-0.39, 0.29) is 5.91 Å². The standard InChI is InChI=1S/C19H22N4O/c24-19(17-3-4-18-16(12-17)5-7-21-18)23-10-8-22(9-11-23)14-15-2-1-6-20-13-15/h1-4,6,12-13,21H,5,7-11,14H2. The Morgan fingerprint density at radius 1 is 1.17 bits per heavy atom. The Hall–Kier alpha value is -2.40. The number of carbonyl (C=O) groups excluding carboxylic acids is 1. The van der Waals surface area contributed by atoms with Crippen LogP contribution in [0.2, 0.25) is 0 Å². The minimum absolute atomic E-state index is 0.158. The topological polar surface area (TPSA) is 48.5 Å².